The van der Waals surface area contributed by atoms with Crippen molar-refractivity contribution in [3.63, 3.8) is 0 Å². The van der Waals surface area contributed by atoms with Gasteiger partial charge in [-0.15, -0.1) is 11.3 Å². The lowest BCUT2D eigenvalue weighted by Gasteiger charge is -2.37. The second-order valence-electron chi connectivity index (χ2n) is 7.49. The van der Waals surface area contributed by atoms with E-state index >= 15 is 0 Å². The lowest BCUT2D eigenvalue weighted by atomic mass is 9.96. The van der Waals surface area contributed by atoms with E-state index in [-0.39, 0.29) is 22.3 Å². The molecule has 4 rings (SSSR count). The molecule has 2 atom stereocenters. The molecule has 0 spiro atoms. The number of hydrogen-bond donors (Lipinski definition) is 2. The number of nitrogens with zero attached hydrogens (tertiary/aromatic N) is 3. The molecule has 2 aromatic heterocycles. The molecule has 156 valence electrons. The second kappa shape index (κ2) is 8.45. The van der Waals surface area contributed by atoms with Crippen LogP contribution in [0.3, 0.4) is 0 Å². The molecule has 6 nitrogen and oxygen atoms in total. The lowest BCUT2D eigenvalue weighted by molar-refractivity contribution is 0.102. The van der Waals surface area contributed by atoms with Crippen molar-refractivity contribution < 1.29 is 13.6 Å². The number of rotatable bonds is 4. The van der Waals surface area contributed by atoms with E-state index in [0.29, 0.717) is 18.2 Å². The third-order valence-electron chi connectivity index (χ3n) is 4.99. The number of thiazole rings is 1. The summed E-state index contributed by atoms with van der Waals surface area (Å²) in [5, 5.41) is 4.41. The number of nitrogens with two attached hydrogens (primary N) is 1. The molecule has 1 saturated heterocycles. The molecule has 1 amide bonds. The Kier molecular flexibility index (Phi) is 5.74. The Balaban J connectivity index is 1.57. The minimum atomic E-state index is -0.721. The van der Waals surface area contributed by atoms with E-state index in [1.54, 1.807) is 12.4 Å². The molecular formula is C21H21F2N5OS. The number of aromatic nitrogens is 2. The third kappa shape index (κ3) is 4.17. The first-order valence-corrected chi connectivity index (χ1v) is 10.5. The average molecular weight is 429 g/mol. The molecule has 3 aromatic rings. The van der Waals surface area contributed by atoms with E-state index in [0.717, 1.165) is 42.1 Å². The summed E-state index contributed by atoms with van der Waals surface area (Å²) >= 11 is 1.01. The molecule has 9 heteroatoms. The van der Waals surface area contributed by atoms with Crippen LogP contribution in [-0.2, 0) is 0 Å². The van der Waals surface area contributed by atoms with Crippen LogP contribution in [0.2, 0.25) is 0 Å². The Morgan fingerprint density at radius 1 is 1.27 bits per heavy atom. The van der Waals surface area contributed by atoms with Crippen LogP contribution in [0.5, 0.6) is 0 Å². The fraction of sp³-hybridized carbons (Fsp3) is 0.286. The van der Waals surface area contributed by atoms with Gasteiger partial charge < -0.3 is 16.0 Å². The predicted molar refractivity (Wildman–Crippen MR) is 114 cm³/mol. The topological polar surface area (TPSA) is 84.1 Å². The minimum absolute atomic E-state index is 0.0576. The van der Waals surface area contributed by atoms with Crippen LogP contribution < -0.4 is 16.0 Å². The highest BCUT2D eigenvalue weighted by Crippen LogP contribution is 2.31. The summed E-state index contributed by atoms with van der Waals surface area (Å²) < 4.78 is 28.0. The van der Waals surface area contributed by atoms with Gasteiger partial charge in [0.1, 0.15) is 22.3 Å². The maximum Gasteiger partial charge on any atom is 0.275 e. The number of amides is 1. The minimum Gasteiger partial charge on any atom is -0.368 e. The number of pyridine rings is 1. The summed E-state index contributed by atoms with van der Waals surface area (Å²) in [7, 11) is 0. The van der Waals surface area contributed by atoms with Crippen molar-refractivity contribution in [3.05, 3.63) is 59.4 Å². The first-order valence-electron chi connectivity index (χ1n) is 9.58. The quantitative estimate of drug-likeness (QED) is 0.657. The van der Waals surface area contributed by atoms with Crippen molar-refractivity contribution >= 4 is 28.6 Å². The summed E-state index contributed by atoms with van der Waals surface area (Å²) in [4.78, 5) is 23.2. The average Bonchev–Trinajstić information content (AvgIpc) is 3.17. The van der Waals surface area contributed by atoms with Crippen LogP contribution >= 0.6 is 11.3 Å². The van der Waals surface area contributed by atoms with Crippen LogP contribution in [0.1, 0.15) is 23.8 Å². The van der Waals surface area contributed by atoms with E-state index in [1.165, 1.54) is 11.4 Å². The zero-order valence-corrected chi connectivity index (χ0v) is 17.1. The van der Waals surface area contributed by atoms with Crippen LogP contribution in [0.15, 0.2) is 42.0 Å². The van der Waals surface area contributed by atoms with Gasteiger partial charge in [-0.25, -0.2) is 13.8 Å². The van der Waals surface area contributed by atoms with Crippen molar-refractivity contribution in [1.82, 2.24) is 9.97 Å². The number of nitrogens with one attached hydrogen (secondary N) is 1. The van der Waals surface area contributed by atoms with E-state index < -0.39 is 17.5 Å². The molecule has 1 unspecified atom stereocenters. The molecule has 0 bridgehead atoms. The number of carbonyl (C=O) groups excluding carboxylic acids is 1. The molecule has 1 aromatic carbocycles. The van der Waals surface area contributed by atoms with E-state index in [4.69, 9.17) is 5.73 Å². The second-order valence-corrected chi connectivity index (χ2v) is 8.35. The maximum absolute atomic E-state index is 14.0. The number of anilines is 2. The standard InChI is InChI=1S/C21H21F2N5OS/c1-12-7-13(24)10-28(9-12)18-5-6-25-8-16(18)26-20(29)17-11-30-21(27-17)19-14(22)3-2-4-15(19)23/h2-6,8,11-13H,7,9-10,24H2,1H3,(H,26,29)/t12?,13-/m0/s1. The van der Waals surface area contributed by atoms with Crippen molar-refractivity contribution in [3.8, 4) is 10.6 Å². The SMILES string of the molecule is CC1C[C@H](N)CN(c2ccncc2NC(=O)c2csc(-c3c(F)cccc3F)n2)C1. The Bertz CT molecular complexity index is 1040. The Morgan fingerprint density at radius 3 is 2.77 bits per heavy atom. The highest BCUT2D eigenvalue weighted by atomic mass is 32.1. The van der Waals surface area contributed by atoms with Gasteiger partial charge in [0.25, 0.3) is 5.91 Å². The van der Waals surface area contributed by atoms with Crippen molar-refractivity contribution in [2.75, 3.05) is 23.3 Å². The van der Waals surface area contributed by atoms with E-state index in [2.05, 4.69) is 27.1 Å². The number of benzene rings is 1. The van der Waals surface area contributed by atoms with E-state index in [9.17, 15) is 13.6 Å². The number of halogens is 2. The van der Waals surface area contributed by atoms with Gasteiger partial charge in [0.2, 0.25) is 0 Å². The fourth-order valence-electron chi connectivity index (χ4n) is 3.74. The predicted octanol–water partition coefficient (Wildman–Crippen LogP) is 3.91. The zero-order chi connectivity index (χ0) is 21.3. The van der Waals surface area contributed by atoms with Gasteiger partial charge >= 0.3 is 0 Å². The number of hydrogen-bond acceptors (Lipinski definition) is 6. The molecule has 3 N–H and O–H groups in total. The normalized spacial score (nSPS) is 19.0. The maximum atomic E-state index is 14.0. The van der Waals surface area contributed by atoms with Crippen LogP contribution in [0.4, 0.5) is 20.2 Å². The first kappa shape index (κ1) is 20.4. The van der Waals surface area contributed by atoms with Gasteiger partial charge in [0.15, 0.2) is 0 Å². The van der Waals surface area contributed by atoms with Crippen molar-refractivity contribution in [2.24, 2.45) is 11.7 Å². The van der Waals surface area contributed by atoms with Gasteiger partial charge in [-0.2, -0.15) is 0 Å². The fourth-order valence-corrected chi connectivity index (χ4v) is 4.58. The van der Waals surface area contributed by atoms with E-state index in [1.807, 2.05) is 6.07 Å². The van der Waals surface area contributed by atoms with Crippen LogP contribution in [0, 0.1) is 17.6 Å². The number of piperidine rings is 1. The lowest BCUT2D eigenvalue weighted by Crippen LogP contribution is -2.46. The van der Waals surface area contributed by atoms with Gasteiger partial charge in [-0.1, -0.05) is 13.0 Å². The monoisotopic (exact) mass is 429 g/mol. The summed E-state index contributed by atoms with van der Waals surface area (Å²) in [5.74, 6) is -1.48. The van der Waals surface area contributed by atoms with Crippen LogP contribution in [-0.4, -0.2) is 35.0 Å². The molecular weight excluding hydrogens is 408 g/mol. The smallest absolute Gasteiger partial charge is 0.275 e. The van der Waals surface area contributed by atoms with Crippen LogP contribution in [0.25, 0.3) is 10.6 Å². The third-order valence-corrected chi connectivity index (χ3v) is 5.85. The van der Waals surface area contributed by atoms with Crippen molar-refractivity contribution in [1.29, 1.82) is 0 Å². The van der Waals surface area contributed by atoms with Crippen molar-refractivity contribution in [2.45, 2.75) is 19.4 Å². The highest BCUT2D eigenvalue weighted by molar-refractivity contribution is 7.13. The molecule has 30 heavy (non-hydrogen) atoms. The molecule has 1 aliphatic heterocycles. The molecule has 1 aliphatic rings. The molecule has 0 saturated carbocycles. The van der Waals surface area contributed by atoms with Gasteiger partial charge in [0.05, 0.1) is 23.1 Å². The largest absolute Gasteiger partial charge is 0.368 e. The number of carbonyl (C=O) groups is 1. The molecule has 1 fully saturated rings. The summed E-state index contributed by atoms with van der Waals surface area (Å²) in [6.07, 6.45) is 4.19. The summed E-state index contributed by atoms with van der Waals surface area (Å²) in [6, 6.07) is 5.49. The first-order chi connectivity index (χ1) is 14.4. The highest BCUT2D eigenvalue weighted by Gasteiger charge is 2.25. The molecule has 3 heterocycles. The molecule has 0 radical (unpaired) electrons. The summed E-state index contributed by atoms with van der Waals surface area (Å²) in [5.41, 5.74) is 7.37. The van der Waals surface area contributed by atoms with Gasteiger partial charge in [0, 0.05) is 30.7 Å². The Morgan fingerprint density at radius 2 is 2.03 bits per heavy atom. The Hall–Kier alpha value is -2.91. The summed E-state index contributed by atoms with van der Waals surface area (Å²) in [6.45, 7) is 3.66. The Labute approximate surface area is 176 Å². The van der Waals surface area contributed by atoms with Gasteiger partial charge in [-0.3, -0.25) is 9.78 Å². The van der Waals surface area contributed by atoms with Gasteiger partial charge in [-0.05, 0) is 30.5 Å². The molecule has 0 aliphatic carbocycles. The zero-order valence-electron chi connectivity index (χ0n) is 16.3.